The lowest BCUT2D eigenvalue weighted by Crippen LogP contribution is -2.04. The van der Waals surface area contributed by atoms with Gasteiger partial charge in [-0.1, -0.05) is 12.1 Å². The maximum absolute atomic E-state index is 13.6. The number of aryl methyl sites for hydroxylation is 1. The summed E-state index contributed by atoms with van der Waals surface area (Å²) in [6.07, 6.45) is 0. The third kappa shape index (κ3) is 1.04. The fourth-order valence-electron chi connectivity index (χ4n) is 1.63. The molecule has 1 aromatic carbocycles. The van der Waals surface area contributed by atoms with Gasteiger partial charge >= 0.3 is 0 Å². The minimum absolute atomic E-state index is 0.194. The van der Waals surface area contributed by atoms with Crippen molar-refractivity contribution >= 4 is 10.9 Å². The fourth-order valence-corrected chi connectivity index (χ4v) is 1.63. The van der Waals surface area contributed by atoms with E-state index in [-0.39, 0.29) is 12.4 Å². The number of halogens is 1. The van der Waals surface area contributed by atoms with Gasteiger partial charge in [0.25, 0.3) is 0 Å². The van der Waals surface area contributed by atoms with Crippen molar-refractivity contribution in [1.82, 2.24) is 4.57 Å². The Balaban J connectivity index is 2.88. The third-order valence-electron chi connectivity index (χ3n) is 2.35. The summed E-state index contributed by atoms with van der Waals surface area (Å²) in [5, 5.41) is 0.644. The minimum Gasteiger partial charge on any atom is -0.344 e. The van der Waals surface area contributed by atoms with Crippen molar-refractivity contribution in [3.8, 4) is 0 Å². The summed E-state index contributed by atoms with van der Waals surface area (Å²) < 4.78 is 15.4. The van der Waals surface area contributed by atoms with Gasteiger partial charge in [-0.2, -0.15) is 0 Å². The van der Waals surface area contributed by atoms with Crippen molar-refractivity contribution in [3.63, 3.8) is 0 Å². The quantitative estimate of drug-likeness (QED) is 0.709. The van der Waals surface area contributed by atoms with E-state index in [1.165, 1.54) is 0 Å². The average molecular weight is 178 g/mol. The minimum atomic E-state index is -0.194. The van der Waals surface area contributed by atoms with E-state index in [0.717, 1.165) is 5.52 Å². The van der Waals surface area contributed by atoms with Crippen LogP contribution >= 0.6 is 0 Å². The van der Waals surface area contributed by atoms with Crippen LogP contribution in [0.5, 0.6) is 0 Å². The van der Waals surface area contributed by atoms with Crippen molar-refractivity contribution in [3.05, 3.63) is 35.8 Å². The number of nitrogens with zero attached hydrogens (tertiary/aromatic N) is 1. The summed E-state index contributed by atoms with van der Waals surface area (Å²) in [4.78, 5) is 0. The molecule has 13 heavy (non-hydrogen) atoms. The first-order valence-corrected chi connectivity index (χ1v) is 4.17. The molecule has 0 unspecified atom stereocenters. The van der Waals surface area contributed by atoms with E-state index in [0.29, 0.717) is 11.1 Å². The Morgan fingerprint density at radius 3 is 2.69 bits per heavy atom. The summed E-state index contributed by atoms with van der Waals surface area (Å²) >= 11 is 0. The van der Waals surface area contributed by atoms with Crippen molar-refractivity contribution in [2.75, 3.05) is 0 Å². The van der Waals surface area contributed by atoms with Crippen LogP contribution in [0.25, 0.3) is 10.9 Å². The molecular weight excluding hydrogens is 167 g/mol. The van der Waals surface area contributed by atoms with E-state index in [9.17, 15) is 4.39 Å². The van der Waals surface area contributed by atoms with Gasteiger partial charge in [0.2, 0.25) is 0 Å². The Bertz CT molecular complexity index is 406. The van der Waals surface area contributed by atoms with Crippen LogP contribution in [0, 0.1) is 5.82 Å². The second kappa shape index (κ2) is 2.85. The molecule has 0 amide bonds. The van der Waals surface area contributed by atoms with Gasteiger partial charge in [0, 0.05) is 19.0 Å². The average Bonchev–Trinajstić information content (AvgIpc) is 2.41. The summed E-state index contributed by atoms with van der Waals surface area (Å²) in [6, 6.07) is 7.37. The van der Waals surface area contributed by atoms with Crippen LogP contribution in [0.3, 0.4) is 0 Å². The normalized spacial score (nSPS) is 11.0. The Morgan fingerprint density at radius 2 is 2.08 bits per heavy atom. The highest BCUT2D eigenvalue weighted by atomic mass is 19.1. The van der Waals surface area contributed by atoms with Gasteiger partial charge in [-0.05, 0) is 12.1 Å². The lowest BCUT2D eigenvalue weighted by atomic mass is 10.2. The molecule has 68 valence electrons. The number of fused-ring (bicyclic) bond motifs is 1. The SMILES string of the molecule is Cn1c(CN)c(F)c2ccccc21. The van der Waals surface area contributed by atoms with E-state index in [2.05, 4.69) is 0 Å². The third-order valence-corrected chi connectivity index (χ3v) is 2.35. The van der Waals surface area contributed by atoms with Gasteiger partial charge in [0.1, 0.15) is 0 Å². The predicted octanol–water partition coefficient (Wildman–Crippen LogP) is 1.78. The number of nitrogens with two attached hydrogens (primary N) is 1. The maximum atomic E-state index is 13.6. The zero-order chi connectivity index (χ0) is 9.42. The van der Waals surface area contributed by atoms with E-state index in [4.69, 9.17) is 5.73 Å². The van der Waals surface area contributed by atoms with Crippen molar-refractivity contribution in [1.29, 1.82) is 0 Å². The van der Waals surface area contributed by atoms with Gasteiger partial charge in [0.05, 0.1) is 11.2 Å². The van der Waals surface area contributed by atoms with E-state index in [1.54, 1.807) is 10.6 Å². The fraction of sp³-hybridized carbons (Fsp3) is 0.200. The first-order chi connectivity index (χ1) is 6.25. The van der Waals surface area contributed by atoms with Crippen molar-refractivity contribution < 1.29 is 4.39 Å². The summed E-state index contributed by atoms with van der Waals surface area (Å²) in [5.41, 5.74) is 6.90. The highest BCUT2D eigenvalue weighted by Gasteiger charge is 2.12. The molecule has 0 aliphatic heterocycles. The molecule has 2 aromatic rings. The van der Waals surface area contributed by atoms with Crippen molar-refractivity contribution in [2.24, 2.45) is 12.8 Å². The van der Waals surface area contributed by atoms with Crippen LogP contribution in [0.1, 0.15) is 5.69 Å². The molecule has 0 aliphatic carbocycles. The van der Waals surface area contributed by atoms with Crippen LogP contribution in [-0.2, 0) is 13.6 Å². The second-order valence-electron chi connectivity index (χ2n) is 3.04. The van der Waals surface area contributed by atoms with Crippen LogP contribution in [0.4, 0.5) is 4.39 Å². The Hall–Kier alpha value is -1.35. The molecule has 2 N–H and O–H groups in total. The molecule has 1 heterocycles. The molecule has 0 saturated heterocycles. The van der Waals surface area contributed by atoms with Gasteiger partial charge in [-0.15, -0.1) is 0 Å². The van der Waals surface area contributed by atoms with Crippen molar-refractivity contribution in [2.45, 2.75) is 6.54 Å². The number of para-hydroxylation sites is 1. The topological polar surface area (TPSA) is 30.9 Å². The molecule has 0 atom stereocenters. The number of benzene rings is 1. The lowest BCUT2D eigenvalue weighted by molar-refractivity contribution is 0.608. The smallest absolute Gasteiger partial charge is 0.153 e. The number of hydrogen-bond donors (Lipinski definition) is 1. The zero-order valence-electron chi connectivity index (χ0n) is 7.42. The molecular formula is C10H11FN2. The van der Waals surface area contributed by atoms with Crippen LogP contribution in [-0.4, -0.2) is 4.57 Å². The lowest BCUT2D eigenvalue weighted by Gasteiger charge is -1.99. The van der Waals surface area contributed by atoms with Gasteiger partial charge in [0.15, 0.2) is 5.82 Å². The van der Waals surface area contributed by atoms with E-state index in [1.807, 2.05) is 25.2 Å². The maximum Gasteiger partial charge on any atom is 0.153 e. The molecule has 0 radical (unpaired) electrons. The predicted molar refractivity (Wildman–Crippen MR) is 50.8 cm³/mol. The second-order valence-corrected chi connectivity index (χ2v) is 3.04. The van der Waals surface area contributed by atoms with Gasteiger partial charge in [-0.25, -0.2) is 4.39 Å². The summed E-state index contributed by atoms with van der Waals surface area (Å²) in [5.74, 6) is -0.194. The van der Waals surface area contributed by atoms with Gasteiger partial charge < -0.3 is 10.3 Å². The monoisotopic (exact) mass is 178 g/mol. The molecule has 2 rings (SSSR count). The molecule has 0 fully saturated rings. The van der Waals surface area contributed by atoms with E-state index >= 15 is 0 Å². The number of rotatable bonds is 1. The van der Waals surface area contributed by atoms with Crippen LogP contribution < -0.4 is 5.73 Å². The molecule has 2 nitrogen and oxygen atoms in total. The largest absolute Gasteiger partial charge is 0.344 e. The Labute approximate surface area is 75.8 Å². The highest BCUT2D eigenvalue weighted by molar-refractivity contribution is 5.82. The first-order valence-electron chi connectivity index (χ1n) is 4.17. The zero-order valence-corrected chi connectivity index (χ0v) is 7.42. The molecule has 0 saturated carbocycles. The molecule has 0 spiro atoms. The number of hydrogen-bond acceptors (Lipinski definition) is 1. The Morgan fingerprint density at radius 1 is 1.38 bits per heavy atom. The first kappa shape index (κ1) is 8.26. The molecule has 0 aliphatic rings. The molecule has 0 bridgehead atoms. The van der Waals surface area contributed by atoms with Gasteiger partial charge in [-0.3, -0.25) is 0 Å². The highest BCUT2D eigenvalue weighted by Crippen LogP contribution is 2.22. The molecule has 1 aromatic heterocycles. The van der Waals surface area contributed by atoms with Crippen LogP contribution in [0.15, 0.2) is 24.3 Å². The van der Waals surface area contributed by atoms with Crippen LogP contribution in [0.2, 0.25) is 0 Å². The summed E-state index contributed by atoms with van der Waals surface area (Å²) in [6.45, 7) is 0.233. The number of aromatic nitrogens is 1. The standard InChI is InChI=1S/C10H11FN2/c1-13-8-5-3-2-4-7(8)10(11)9(13)6-12/h2-5H,6,12H2,1H3. The Kier molecular flexibility index (Phi) is 1.81. The van der Waals surface area contributed by atoms with E-state index < -0.39 is 0 Å². The summed E-state index contributed by atoms with van der Waals surface area (Å²) in [7, 11) is 1.83. The molecule has 3 heteroatoms.